The van der Waals surface area contributed by atoms with E-state index < -0.39 is 0 Å². The van der Waals surface area contributed by atoms with Gasteiger partial charge in [0.05, 0.1) is 0 Å². The summed E-state index contributed by atoms with van der Waals surface area (Å²) >= 11 is 0. The normalized spacial score (nSPS) is 11.2. The zero-order valence-corrected chi connectivity index (χ0v) is 15.1. The number of carbonyl (C=O) groups excluding carboxylic acids is 1. The Morgan fingerprint density at radius 1 is 0.846 bits per heavy atom. The summed E-state index contributed by atoms with van der Waals surface area (Å²) in [6, 6.07) is 11.5. The molecule has 2 aromatic carbocycles. The van der Waals surface area contributed by atoms with Crippen LogP contribution in [0.2, 0.25) is 0 Å². The van der Waals surface area contributed by atoms with E-state index in [1.165, 1.54) is 0 Å². The first kappa shape index (κ1) is 16.3. The lowest BCUT2D eigenvalue weighted by molar-refractivity contribution is 0.101. The second-order valence-corrected chi connectivity index (χ2v) is 6.55. The number of Topliss-reactive ketones (excluding diaryl/α,β-unsaturated/α-hetero) is 1. The van der Waals surface area contributed by atoms with Crippen LogP contribution >= 0.6 is 0 Å². The first-order valence-corrected chi connectivity index (χ1v) is 8.39. The summed E-state index contributed by atoms with van der Waals surface area (Å²) in [6.45, 7) is 7.51. The monoisotopic (exact) mass is 346 g/mol. The van der Waals surface area contributed by atoms with Gasteiger partial charge in [0, 0.05) is 16.5 Å². The van der Waals surface area contributed by atoms with E-state index in [4.69, 9.17) is 8.83 Å². The van der Waals surface area contributed by atoms with Crippen LogP contribution in [0.3, 0.4) is 0 Å². The van der Waals surface area contributed by atoms with Crippen molar-refractivity contribution in [1.29, 1.82) is 0 Å². The van der Waals surface area contributed by atoms with Crippen molar-refractivity contribution < 1.29 is 13.6 Å². The third kappa shape index (κ3) is 2.62. The summed E-state index contributed by atoms with van der Waals surface area (Å²) in [5, 5.41) is 9.33. The van der Waals surface area contributed by atoms with Crippen molar-refractivity contribution in [1.82, 2.24) is 10.2 Å². The highest BCUT2D eigenvalue weighted by atomic mass is 16.4. The minimum Gasteiger partial charge on any atom is -0.451 e. The number of carbonyl (C=O) groups is 1. The van der Waals surface area contributed by atoms with E-state index in [-0.39, 0.29) is 5.78 Å². The molecule has 0 aliphatic carbocycles. The van der Waals surface area contributed by atoms with E-state index in [1.54, 1.807) is 13.0 Å². The zero-order chi connectivity index (χ0) is 18.4. The summed E-state index contributed by atoms with van der Waals surface area (Å²) < 4.78 is 11.8. The molecule has 0 amide bonds. The van der Waals surface area contributed by atoms with E-state index in [9.17, 15) is 4.79 Å². The van der Waals surface area contributed by atoms with Crippen LogP contribution in [0, 0.1) is 20.8 Å². The number of fused-ring (bicyclic) bond motifs is 1. The van der Waals surface area contributed by atoms with Gasteiger partial charge in [-0.3, -0.25) is 4.79 Å². The Kier molecular flexibility index (Phi) is 3.72. The Morgan fingerprint density at radius 3 is 2.27 bits per heavy atom. The molecular weight excluding hydrogens is 328 g/mol. The van der Waals surface area contributed by atoms with Gasteiger partial charge in [-0.1, -0.05) is 18.2 Å². The molecule has 0 fully saturated rings. The molecule has 2 heterocycles. The van der Waals surface area contributed by atoms with Crippen molar-refractivity contribution in [2.45, 2.75) is 27.7 Å². The van der Waals surface area contributed by atoms with Crippen LogP contribution in [0.1, 0.15) is 34.0 Å². The fourth-order valence-corrected chi connectivity index (χ4v) is 3.05. The van der Waals surface area contributed by atoms with Gasteiger partial charge in [-0.2, -0.15) is 0 Å². The lowest BCUT2D eigenvalue weighted by Crippen LogP contribution is -1.93. The molecule has 0 saturated carbocycles. The molecule has 4 aromatic rings. The molecule has 0 saturated heterocycles. The standard InChI is InChI=1S/C21H18N2O3/c1-11-5-6-12(2)19-17(11)10-18(25-19)21-23-22-20(26-21)16-8-7-15(14(4)24)9-13(16)3/h5-10H,1-4H3. The quantitative estimate of drug-likeness (QED) is 0.472. The van der Waals surface area contributed by atoms with Crippen LogP contribution in [-0.4, -0.2) is 16.0 Å². The topological polar surface area (TPSA) is 69.1 Å². The second kappa shape index (κ2) is 5.95. The number of rotatable bonds is 3. The maximum atomic E-state index is 11.5. The zero-order valence-electron chi connectivity index (χ0n) is 15.1. The molecule has 2 aromatic heterocycles. The van der Waals surface area contributed by atoms with Crippen molar-refractivity contribution in [2.75, 3.05) is 0 Å². The summed E-state index contributed by atoms with van der Waals surface area (Å²) in [4.78, 5) is 11.5. The summed E-state index contributed by atoms with van der Waals surface area (Å²) in [5.41, 5.74) is 5.40. The first-order valence-electron chi connectivity index (χ1n) is 8.39. The van der Waals surface area contributed by atoms with Crippen molar-refractivity contribution in [3.05, 3.63) is 58.7 Å². The van der Waals surface area contributed by atoms with Crippen molar-refractivity contribution in [3.8, 4) is 23.1 Å². The molecule has 0 unspecified atom stereocenters. The maximum Gasteiger partial charge on any atom is 0.283 e. The average molecular weight is 346 g/mol. The molecule has 5 heteroatoms. The highest BCUT2D eigenvalue weighted by Crippen LogP contribution is 2.33. The van der Waals surface area contributed by atoms with Crippen LogP contribution in [0.5, 0.6) is 0 Å². The number of aromatic nitrogens is 2. The van der Waals surface area contributed by atoms with E-state index in [1.807, 2.05) is 45.0 Å². The van der Waals surface area contributed by atoms with Crippen LogP contribution in [-0.2, 0) is 0 Å². The number of benzene rings is 2. The van der Waals surface area contributed by atoms with E-state index >= 15 is 0 Å². The van der Waals surface area contributed by atoms with Gasteiger partial charge in [0.15, 0.2) is 11.5 Å². The Labute approximate surface area is 150 Å². The van der Waals surface area contributed by atoms with Crippen LogP contribution in [0.4, 0.5) is 0 Å². The van der Waals surface area contributed by atoms with Gasteiger partial charge >= 0.3 is 0 Å². The molecule has 0 N–H and O–H groups in total. The molecule has 130 valence electrons. The molecule has 26 heavy (non-hydrogen) atoms. The SMILES string of the molecule is CC(=O)c1ccc(-c2nnc(-c3cc4c(C)ccc(C)c4o3)o2)c(C)c1. The Bertz CT molecular complexity index is 1110. The second-order valence-electron chi connectivity index (χ2n) is 6.55. The lowest BCUT2D eigenvalue weighted by Gasteiger charge is -2.02. The smallest absolute Gasteiger partial charge is 0.283 e. The van der Waals surface area contributed by atoms with Gasteiger partial charge < -0.3 is 8.83 Å². The number of ketones is 1. The fourth-order valence-electron chi connectivity index (χ4n) is 3.05. The van der Waals surface area contributed by atoms with E-state index in [2.05, 4.69) is 16.3 Å². The molecule has 0 aliphatic rings. The molecule has 0 spiro atoms. The summed E-state index contributed by atoms with van der Waals surface area (Å²) in [6.07, 6.45) is 0. The van der Waals surface area contributed by atoms with Gasteiger partial charge in [0.25, 0.3) is 5.89 Å². The van der Waals surface area contributed by atoms with Gasteiger partial charge in [0.2, 0.25) is 5.89 Å². The van der Waals surface area contributed by atoms with Crippen molar-refractivity contribution in [2.24, 2.45) is 0 Å². The fraction of sp³-hybridized carbons (Fsp3) is 0.190. The molecule has 0 radical (unpaired) electrons. The first-order chi connectivity index (χ1) is 12.4. The number of furan rings is 1. The summed E-state index contributed by atoms with van der Waals surface area (Å²) in [7, 11) is 0. The van der Waals surface area contributed by atoms with E-state index in [0.717, 1.165) is 33.2 Å². The largest absolute Gasteiger partial charge is 0.451 e. The number of hydrogen-bond donors (Lipinski definition) is 0. The minimum atomic E-state index is 0.0267. The highest BCUT2D eigenvalue weighted by molar-refractivity contribution is 5.94. The van der Waals surface area contributed by atoms with Gasteiger partial charge in [-0.25, -0.2) is 0 Å². The molecular formula is C21H18N2O3. The van der Waals surface area contributed by atoms with Crippen LogP contribution in [0.15, 0.2) is 45.2 Å². The third-order valence-electron chi connectivity index (χ3n) is 4.60. The number of nitrogens with zero attached hydrogens (tertiary/aromatic N) is 2. The van der Waals surface area contributed by atoms with E-state index in [0.29, 0.717) is 23.1 Å². The van der Waals surface area contributed by atoms with Crippen LogP contribution in [0.25, 0.3) is 34.1 Å². The predicted molar refractivity (Wildman–Crippen MR) is 99.2 cm³/mol. The molecule has 0 aliphatic heterocycles. The van der Waals surface area contributed by atoms with Gasteiger partial charge in [-0.05, 0) is 62.6 Å². The third-order valence-corrected chi connectivity index (χ3v) is 4.60. The Morgan fingerprint density at radius 2 is 1.58 bits per heavy atom. The van der Waals surface area contributed by atoms with Gasteiger partial charge in [0.1, 0.15) is 5.58 Å². The van der Waals surface area contributed by atoms with Crippen LogP contribution < -0.4 is 0 Å². The molecule has 4 rings (SSSR count). The molecule has 0 bridgehead atoms. The maximum absolute atomic E-state index is 11.5. The Hall–Kier alpha value is -3.21. The number of aryl methyl sites for hydroxylation is 3. The van der Waals surface area contributed by atoms with Crippen molar-refractivity contribution >= 4 is 16.8 Å². The molecule has 0 atom stereocenters. The Balaban J connectivity index is 1.76. The summed E-state index contributed by atoms with van der Waals surface area (Å²) in [5.74, 6) is 1.32. The van der Waals surface area contributed by atoms with Crippen molar-refractivity contribution in [3.63, 3.8) is 0 Å². The van der Waals surface area contributed by atoms with Gasteiger partial charge in [-0.15, -0.1) is 10.2 Å². The highest BCUT2D eigenvalue weighted by Gasteiger charge is 2.17. The molecule has 5 nitrogen and oxygen atoms in total. The average Bonchev–Trinajstić information content (AvgIpc) is 3.25. The number of hydrogen-bond acceptors (Lipinski definition) is 5. The predicted octanol–water partition coefficient (Wildman–Crippen LogP) is 5.28. The lowest BCUT2D eigenvalue weighted by atomic mass is 10.0. The minimum absolute atomic E-state index is 0.0267.